The summed E-state index contributed by atoms with van der Waals surface area (Å²) in [5.41, 5.74) is 23.1. The van der Waals surface area contributed by atoms with E-state index < -0.39 is 0 Å². The molecule has 0 radical (unpaired) electrons. The molecule has 21 heavy (non-hydrogen) atoms. The maximum absolute atomic E-state index is 7.95. The highest BCUT2D eigenvalue weighted by Crippen LogP contribution is 2.60. The number of nitrogens with two attached hydrogens (primary N) is 3. The third kappa shape index (κ3) is 1.50. The van der Waals surface area contributed by atoms with Crippen molar-refractivity contribution >= 4 is 22.8 Å². The Hall–Kier alpha value is -1.59. The van der Waals surface area contributed by atoms with Gasteiger partial charge in [0.05, 0.1) is 18.7 Å². The molecular formula is C16H24N5+. The average Bonchev–Trinajstić information content (AvgIpc) is 3.13. The van der Waals surface area contributed by atoms with Crippen LogP contribution in [0.3, 0.4) is 0 Å². The number of nitrogens with one attached hydrogen (secondary N) is 1. The fourth-order valence-electron chi connectivity index (χ4n) is 4.62. The number of nitrogen functional groups attached to an aromatic ring is 2. The Kier molecular flexibility index (Phi) is 2.24. The van der Waals surface area contributed by atoms with Crippen molar-refractivity contribution in [1.29, 1.82) is 5.41 Å². The molecule has 3 fully saturated rings. The van der Waals surface area contributed by atoms with E-state index >= 15 is 0 Å². The van der Waals surface area contributed by atoms with Crippen LogP contribution in [0.5, 0.6) is 0 Å². The Labute approximate surface area is 125 Å². The zero-order valence-electron chi connectivity index (χ0n) is 12.7. The lowest BCUT2D eigenvalue weighted by molar-refractivity contribution is 0.376. The second kappa shape index (κ2) is 3.59. The van der Waals surface area contributed by atoms with Gasteiger partial charge in [-0.15, -0.1) is 0 Å². The lowest BCUT2D eigenvalue weighted by Crippen LogP contribution is -2.41. The summed E-state index contributed by atoms with van der Waals surface area (Å²) in [6.07, 6.45) is 1.30. The molecule has 1 saturated carbocycles. The Bertz CT molecular complexity index is 661. The minimum Gasteiger partial charge on any atom is -0.399 e. The van der Waals surface area contributed by atoms with Crippen molar-refractivity contribution in [3.63, 3.8) is 0 Å². The largest absolute Gasteiger partial charge is 0.399 e. The van der Waals surface area contributed by atoms with Gasteiger partial charge >= 0.3 is 0 Å². The number of hydrogen-bond acceptors (Lipinski definition) is 4. The number of rotatable bonds is 3. The molecule has 0 bridgehead atoms. The summed E-state index contributed by atoms with van der Waals surface area (Å²) >= 11 is 0. The Morgan fingerprint density at radius 2 is 2.10 bits per heavy atom. The molecule has 0 aromatic heterocycles. The molecule has 112 valence electrons. The van der Waals surface area contributed by atoms with Gasteiger partial charge in [0.1, 0.15) is 12.6 Å². The monoisotopic (exact) mass is 286 g/mol. The molecule has 4 rings (SSSR count). The SMILES string of the molecule is CC(=N)C1C(c2cc(N)cc([N+]34CCC3C4)c2N)C1(C)N. The van der Waals surface area contributed by atoms with Crippen LogP contribution in [0.15, 0.2) is 12.1 Å². The standard InChI is InChI=1S/C16H24N5/c1-8(17)13-14(16(13,2)20)11-5-9(18)6-12(15(11)19)21-4-3-10(21)7-21/h5-6,10,13-14,17H,3-4,7,18-20H2,1-2H3/q+1. The van der Waals surface area contributed by atoms with Crippen molar-refractivity contribution in [2.24, 2.45) is 11.7 Å². The topological polar surface area (TPSA) is 102 Å². The molecule has 2 heterocycles. The molecule has 5 unspecified atom stereocenters. The van der Waals surface area contributed by atoms with E-state index in [0.717, 1.165) is 27.5 Å². The molecule has 0 spiro atoms. The molecule has 3 aliphatic rings. The molecule has 2 saturated heterocycles. The van der Waals surface area contributed by atoms with Gasteiger partial charge in [-0.05, 0) is 25.5 Å². The minimum absolute atomic E-state index is 0.0795. The van der Waals surface area contributed by atoms with Crippen molar-refractivity contribution in [2.75, 3.05) is 24.6 Å². The van der Waals surface area contributed by atoms with E-state index in [9.17, 15) is 0 Å². The Balaban J connectivity index is 1.79. The van der Waals surface area contributed by atoms with Crippen molar-refractivity contribution < 1.29 is 0 Å². The fourth-order valence-corrected chi connectivity index (χ4v) is 4.62. The predicted octanol–water partition coefficient (Wildman–Crippen LogP) is 1.41. The van der Waals surface area contributed by atoms with Gasteiger partial charge in [0.15, 0.2) is 5.69 Å². The zero-order valence-corrected chi connectivity index (χ0v) is 12.7. The molecule has 1 aliphatic carbocycles. The van der Waals surface area contributed by atoms with Crippen LogP contribution in [0.4, 0.5) is 17.1 Å². The van der Waals surface area contributed by atoms with E-state index in [4.69, 9.17) is 22.6 Å². The second-order valence-corrected chi connectivity index (χ2v) is 7.43. The quantitative estimate of drug-likeness (QED) is 0.292. The van der Waals surface area contributed by atoms with Crippen LogP contribution < -0.4 is 21.7 Å². The third-order valence-corrected chi connectivity index (χ3v) is 6.02. The Morgan fingerprint density at radius 1 is 1.38 bits per heavy atom. The van der Waals surface area contributed by atoms with E-state index in [1.165, 1.54) is 25.2 Å². The first-order valence-electron chi connectivity index (χ1n) is 7.69. The maximum atomic E-state index is 7.95. The van der Waals surface area contributed by atoms with Crippen LogP contribution in [-0.4, -0.2) is 30.4 Å². The zero-order chi connectivity index (χ0) is 15.2. The molecule has 0 amide bonds. The molecule has 1 aromatic carbocycles. The number of hydrogen-bond donors (Lipinski definition) is 4. The lowest BCUT2D eigenvalue weighted by atomic mass is 10.0. The molecule has 5 nitrogen and oxygen atoms in total. The van der Waals surface area contributed by atoms with Crippen molar-refractivity contribution in [1.82, 2.24) is 4.48 Å². The summed E-state index contributed by atoms with van der Waals surface area (Å²) in [5.74, 6) is 0.200. The van der Waals surface area contributed by atoms with Gasteiger partial charge in [-0.2, -0.15) is 0 Å². The first kappa shape index (κ1) is 13.1. The summed E-state index contributed by atoms with van der Waals surface area (Å²) in [4.78, 5) is 0. The van der Waals surface area contributed by atoms with Gasteiger partial charge in [-0.1, -0.05) is 0 Å². The summed E-state index contributed by atoms with van der Waals surface area (Å²) in [6, 6.07) is 4.76. The third-order valence-electron chi connectivity index (χ3n) is 6.02. The number of benzene rings is 1. The van der Waals surface area contributed by atoms with Gasteiger partial charge in [0.2, 0.25) is 0 Å². The number of nitrogens with zero attached hydrogens (tertiary/aromatic N) is 1. The van der Waals surface area contributed by atoms with Gasteiger partial charge < -0.3 is 22.6 Å². The van der Waals surface area contributed by atoms with E-state index in [2.05, 4.69) is 0 Å². The molecule has 5 atom stereocenters. The molecule has 7 N–H and O–H groups in total. The summed E-state index contributed by atoms with van der Waals surface area (Å²) in [7, 11) is 0. The van der Waals surface area contributed by atoms with Crippen LogP contribution in [0.25, 0.3) is 0 Å². The first-order valence-corrected chi connectivity index (χ1v) is 7.69. The summed E-state index contributed by atoms with van der Waals surface area (Å²) < 4.78 is 1.02. The minimum atomic E-state index is -0.377. The number of quaternary nitrogens is 1. The van der Waals surface area contributed by atoms with E-state index in [0.29, 0.717) is 5.71 Å². The predicted molar refractivity (Wildman–Crippen MR) is 87.4 cm³/mol. The summed E-state index contributed by atoms with van der Waals surface area (Å²) in [6.45, 7) is 6.22. The smallest absolute Gasteiger partial charge is 0.159 e. The first-order chi connectivity index (χ1) is 9.79. The van der Waals surface area contributed by atoms with Crippen LogP contribution in [0.1, 0.15) is 31.7 Å². The highest BCUT2D eigenvalue weighted by molar-refractivity contribution is 5.90. The normalized spacial score (nSPS) is 42.9. The van der Waals surface area contributed by atoms with Crippen molar-refractivity contribution in [3.8, 4) is 0 Å². The van der Waals surface area contributed by atoms with Gasteiger partial charge in [-0.3, -0.25) is 4.48 Å². The lowest BCUT2D eigenvalue weighted by Gasteiger charge is -2.29. The van der Waals surface area contributed by atoms with Crippen LogP contribution >= 0.6 is 0 Å². The van der Waals surface area contributed by atoms with Crippen molar-refractivity contribution in [3.05, 3.63) is 17.7 Å². The van der Waals surface area contributed by atoms with E-state index in [-0.39, 0.29) is 17.4 Å². The highest BCUT2D eigenvalue weighted by atomic mass is 15.6. The van der Waals surface area contributed by atoms with Crippen molar-refractivity contribution in [2.45, 2.75) is 37.8 Å². The van der Waals surface area contributed by atoms with E-state index in [1.807, 2.05) is 26.0 Å². The molecule has 5 heteroatoms. The maximum Gasteiger partial charge on any atom is 0.159 e. The highest BCUT2D eigenvalue weighted by Gasteiger charge is 2.66. The fraction of sp³-hybridized carbons (Fsp3) is 0.562. The molecular weight excluding hydrogens is 262 g/mol. The average molecular weight is 286 g/mol. The van der Waals surface area contributed by atoms with Crippen LogP contribution in [0.2, 0.25) is 0 Å². The van der Waals surface area contributed by atoms with Crippen LogP contribution in [-0.2, 0) is 0 Å². The van der Waals surface area contributed by atoms with Gasteiger partial charge in [0.25, 0.3) is 0 Å². The second-order valence-electron chi connectivity index (χ2n) is 7.43. The van der Waals surface area contributed by atoms with Crippen LogP contribution in [0, 0.1) is 11.3 Å². The molecule has 1 aromatic rings. The number of fused-ring (bicyclic) bond motifs is 1. The van der Waals surface area contributed by atoms with E-state index in [1.54, 1.807) is 0 Å². The summed E-state index contributed by atoms with van der Waals surface area (Å²) in [5, 5.41) is 7.95. The molecule has 2 aliphatic heterocycles. The Morgan fingerprint density at radius 3 is 2.52 bits per heavy atom. The number of anilines is 2. The van der Waals surface area contributed by atoms with Gasteiger partial charge in [-0.25, -0.2) is 0 Å². The van der Waals surface area contributed by atoms with Gasteiger partial charge in [0, 0.05) is 34.8 Å².